The Bertz CT molecular complexity index is 741. The molecule has 3 heterocycles. The predicted octanol–water partition coefficient (Wildman–Crippen LogP) is 3.67. The summed E-state index contributed by atoms with van der Waals surface area (Å²) < 4.78 is 11.3. The quantitative estimate of drug-likeness (QED) is 0.901. The van der Waals surface area contributed by atoms with E-state index in [9.17, 15) is 4.79 Å². The second-order valence-electron chi connectivity index (χ2n) is 6.15. The normalized spacial score (nSPS) is 22.2. The molecule has 126 valence electrons. The molecule has 2 aliphatic rings. The predicted molar refractivity (Wildman–Crippen MR) is 94.9 cm³/mol. The van der Waals surface area contributed by atoms with E-state index in [1.807, 2.05) is 6.07 Å². The van der Waals surface area contributed by atoms with Gasteiger partial charge in [0, 0.05) is 18.6 Å². The van der Waals surface area contributed by atoms with Crippen LogP contribution < -0.4 is 10.1 Å². The highest BCUT2D eigenvalue weighted by Gasteiger charge is 2.28. The Hall–Kier alpha value is -1.56. The molecule has 0 aliphatic carbocycles. The minimum absolute atomic E-state index is 0.0443. The largest absolute Gasteiger partial charge is 0.486 e. The second-order valence-corrected chi connectivity index (χ2v) is 7.34. The number of carbonyl (C=O) groups excluding carboxylic acids is 1. The third-order valence-electron chi connectivity index (χ3n) is 4.43. The molecule has 4 rings (SSSR count). The number of nitrogens with one attached hydrogen (secondary N) is 1. The Morgan fingerprint density at radius 2 is 2.29 bits per heavy atom. The Labute approximate surface area is 149 Å². The monoisotopic (exact) mass is 363 g/mol. The Morgan fingerprint density at radius 1 is 1.38 bits per heavy atom. The van der Waals surface area contributed by atoms with Crippen molar-refractivity contribution in [2.75, 3.05) is 13.2 Å². The van der Waals surface area contributed by atoms with E-state index in [4.69, 9.17) is 21.1 Å². The van der Waals surface area contributed by atoms with Gasteiger partial charge in [-0.1, -0.05) is 11.6 Å². The maximum absolute atomic E-state index is 12.0. The molecule has 0 unspecified atom stereocenters. The maximum atomic E-state index is 12.0. The van der Waals surface area contributed by atoms with Crippen molar-refractivity contribution in [3.63, 3.8) is 0 Å². The van der Waals surface area contributed by atoms with Crippen molar-refractivity contribution in [3.8, 4) is 16.9 Å². The minimum atomic E-state index is -0.303. The summed E-state index contributed by atoms with van der Waals surface area (Å²) >= 11 is 8.06. The average Bonchev–Trinajstić information content (AvgIpc) is 3.32. The van der Waals surface area contributed by atoms with Crippen LogP contribution in [0.3, 0.4) is 0 Å². The summed E-state index contributed by atoms with van der Waals surface area (Å²) in [6.07, 6.45) is 2.11. The van der Waals surface area contributed by atoms with Crippen LogP contribution in [0.5, 0.6) is 5.75 Å². The minimum Gasteiger partial charge on any atom is -0.486 e. The van der Waals surface area contributed by atoms with Crippen LogP contribution in [-0.4, -0.2) is 31.3 Å². The number of hydrogen-bond donors (Lipinski definition) is 1. The van der Waals surface area contributed by atoms with Gasteiger partial charge in [-0.2, -0.15) is 11.3 Å². The molecule has 1 saturated heterocycles. The molecule has 2 aromatic rings. The van der Waals surface area contributed by atoms with E-state index in [0.29, 0.717) is 18.2 Å². The van der Waals surface area contributed by atoms with Crippen LogP contribution in [0.15, 0.2) is 29.0 Å². The van der Waals surface area contributed by atoms with Crippen LogP contribution in [0.2, 0.25) is 5.02 Å². The number of fused-ring (bicyclic) bond motifs is 1. The first-order valence-corrected chi connectivity index (χ1v) is 9.44. The standard InChI is InChI=1S/C18H18ClNO3S/c19-15-8-12(11-3-5-24-10-11)6-13-7-14(23-17(13)15)9-20-18(21)16-2-1-4-22-16/h3,5-6,8,10,14,16H,1-2,4,7,9H2,(H,20,21)/t14-,16+/m1/s1. The van der Waals surface area contributed by atoms with E-state index in [1.165, 1.54) is 5.56 Å². The molecule has 6 heteroatoms. The zero-order valence-corrected chi connectivity index (χ0v) is 14.7. The summed E-state index contributed by atoms with van der Waals surface area (Å²) in [6.45, 7) is 1.14. The smallest absolute Gasteiger partial charge is 0.249 e. The lowest BCUT2D eigenvalue weighted by Crippen LogP contribution is -2.40. The fourth-order valence-electron chi connectivity index (χ4n) is 3.21. The Morgan fingerprint density at radius 3 is 3.04 bits per heavy atom. The van der Waals surface area contributed by atoms with Gasteiger partial charge >= 0.3 is 0 Å². The third-order valence-corrected chi connectivity index (χ3v) is 5.40. The lowest BCUT2D eigenvalue weighted by Gasteiger charge is -2.14. The van der Waals surface area contributed by atoms with Crippen molar-refractivity contribution in [2.45, 2.75) is 31.5 Å². The summed E-state index contributed by atoms with van der Waals surface area (Å²) in [6, 6.07) is 6.15. The topological polar surface area (TPSA) is 47.6 Å². The molecule has 0 spiro atoms. The number of halogens is 1. The van der Waals surface area contributed by atoms with Gasteiger partial charge in [0.05, 0.1) is 11.6 Å². The van der Waals surface area contributed by atoms with Crippen molar-refractivity contribution >= 4 is 28.8 Å². The highest BCUT2D eigenvalue weighted by atomic mass is 35.5. The first-order valence-electron chi connectivity index (χ1n) is 8.11. The van der Waals surface area contributed by atoms with E-state index < -0.39 is 0 Å². The average molecular weight is 364 g/mol. The fraction of sp³-hybridized carbons (Fsp3) is 0.389. The van der Waals surface area contributed by atoms with Gasteiger partial charge in [-0.25, -0.2) is 0 Å². The number of ether oxygens (including phenoxy) is 2. The van der Waals surface area contributed by atoms with Crippen LogP contribution in [0, 0.1) is 0 Å². The van der Waals surface area contributed by atoms with Gasteiger partial charge in [0.1, 0.15) is 18.0 Å². The van der Waals surface area contributed by atoms with Gasteiger partial charge in [-0.3, -0.25) is 4.79 Å². The second kappa shape index (κ2) is 6.75. The van der Waals surface area contributed by atoms with Gasteiger partial charge in [0.2, 0.25) is 5.91 Å². The van der Waals surface area contributed by atoms with Gasteiger partial charge in [-0.15, -0.1) is 0 Å². The molecule has 0 bridgehead atoms. The molecular weight excluding hydrogens is 346 g/mol. The number of benzene rings is 1. The van der Waals surface area contributed by atoms with Crippen molar-refractivity contribution in [1.82, 2.24) is 5.32 Å². The van der Waals surface area contributed by atoms with Gasteiger partial charge < -0.3 is 14.8 Å². The molecule has 2 aliphatic heterocycles. The molecule has 1 amide bonds. The Kier molecular flexibility index (Phi) is 4.48. The zero-order chi connectivity index (χ0) is 16.5. The molecule has 1 fully saturated rings. The molecule has 1 N–H and O–H groups in total. The molecule has 2 atom stereocenters. The van der Waals surface area contributed by atoms with Crippen LogP contribution in [0.4, 0.5) is 0 Å². The zero-order valence-electron chi connectivity index (χ0n) is 13.1. The highest BCUT2D eigenvalue weighted by Crippen LogP contribution is 2.39. The van der Waals surface area contributed by atoms with Crippen molar-refractivity contribution in [2.24, 2.45) is 0 Å². The van der Waals surface area contributed by atoms with Crippen LogP contribution in [0.1, 0.15) is 18.4 Å². The molecule has 4 nitrogen and oxygen atoms in total. The first kappa shape index (κ1) is 15.9. The first-order chi connectivity index (χ1) is 11.7. The third kappa shape index (κ3) is 3.16. The number of amides is 1. The maximum Gasteiger partial charge on any atom is 0.249 e. The summed E-state index contributed by atoms with van der Waals surface area (Å²) in [7, 11) is 0. The van der Waals surface area contributed by atoms with E-state index in [2.05, 4.69) is 28.2 Å². The van der Waals surface area contributed by atoms with Crippen LogP contribution in [0.25, 0.3) is 11.1 Å². The number of rotatable bonds is 4. The molecule has 24 heavy (non-hydrogen) atoms. The van der Waals surface area contributed by atoms with Gasteiger partial charge in [-0.05, 0) is 52.9 Å². The Balaban J connectivity index is 1.42. The lowest BCUT2D eigenvalue weighted by atomic mass is 10.0. The number of thiophene rings is 1. The van der Waals surface area contributed by atoms with Crippen molar-refractivity contribution in [3.05, 3.63) is 39.5 Å². The van der Waals surface area contributed by atoms with Crippen molar-refractivity contribution < 1.29 is 14.3 Å². The summed E-state index contributed by atoms with van der Waals surface area (Å²) in [4.78, 5) is 12.0. The molecule has 0 radical (unpaired) electrons. The van der Waals surface area contributed by atoms with Crippen molar-refractivity contribution in [1.29, 1.82) is 0 Å². The molecule has 1 aromatic heterocycles. The molecule has 0 saturated carbocycles. The SMILES string of the molecule is O=C(NC[C@H]1Cc2cc(-c3ccsc3)cc(Cl)c2O1)[C@@H]1CCCO1. The summed E-state index contributed by atoms with van der Waals surface area (Å²) in [5.41, 5.74) is 3.37. The van der Waals surface area contributed by atoms with Crippen LogP contribution >= 0.6 is 22.9 Å². The van der Waals surface area contributed by atoms with Gasteiger partial charge in [0.25, 0.3) is 0 Å². The summed E-state index contributed by atoms with van der Waals surface area (Å²) in [5, 5.41) is 7.72. The van der Waals surface area contributed by atoms with E-state index in [0.717, 1.165) is 36.1 Å². The highest BCUT2D eigenvalue weighted by molar-refractivity contribution is 7.08. The van der Waals surface area contributed by atoms with E-state index in [1.54, 1.807) is 11.3 Å². The lowest BCUT2D eigenvalue weighted by molar-refractivity contribution is -0.130. The van der Waals surface area contributed by atoms with Crippen LogP contribution in [-0.2, 0) is 16.0 Å². The number of hydrogen-bond acceptors (Lipinski definition) is 4. The van der Waals surface area contributed by atoms with E-state index >= 15 is 0 Å². The summed E-state index contributed by atoms with van der Waals surface area (Å²) in [5.74, 6) is 0.698. The van der Waals surface area contributed by atoms with Gasteiger partial charge in [0.15, 0.2) is 0 Å². The molecule has 1 aromatic carbocycles. The fourth-order valence-corrected chi connectivity index (χ4v) is 4.16. The molecular formula is C18H18ClNO3S. The van der Waals surface area contributed by atoms with E-state index in [-0.39, 0.29) is 18.1 Å². The number of carbonyl (C=O) groups is 1.